The number of halogens is 1. The maximum absolute atomic E-state index is 13.9. The molecule has 0 spiro atoms. The summed E-state index contributed by atoms with van der Waals surface area (Å²) in [4.78, 5) is 31.5. The van der Waals surface area contributed by atoms with Crippen LogP contribution >= 0.6 is 0 Å². The second-order valence-corrected chi connectivity index (χ2v) is 7.05. The Labute approximate surface area is 161 Å². The van der Waals surface area contributed by atoms with Gasteiger partial charge in [-0.25, -0.2) is 9.37 Å². The Balaban J connectivity index is 1.45. The minimum Gasteiger partial charge on any atom is -0.348 e. The molecule has 0 bridgehead atoms. The molecule has 3 heterocycles. The average Bonchev–Trinajstić information content (AvgIpc) is 2.70. The Kier molecular flexibility index (Phi) is 5.16. The minimum atomic E-state index is -0.423. The van der Waals surface area contributed by atoms with Gasteiger partial charge in [-0.05, 0) is 37.6 Å². The topological polar surface area (TPSA) is 66.7 Å². The fourth-order valence-electron chi connectivity index (χ4n) is 3.63. The van der Waals surface area contributed by atoms with Crippen molar-refractivity contribution in [3.8, 4) is 0 Å². The summed E-state index contributed by atoms with van der Waals surface area (Å²) in [5.74, 6) is -0.641. The fourth-order valence-corrected chi connectivity index (χ4v) is 3.63. The number of likely N-dealkylation sites (tertiary alicyclic amines) is 1. The van der Waals surface area contributed by atoms with Crippen LogP contribution < -0.4 is 10.9 Å². The quantitative estimate of drug-likeness (QED) is 0.754. The Bertz CT molecular complexity index is 1070. The Hall–Kier alpha value is -3.06. The van der Waals surface area contributed by atoms with Crippen LogP contribution in [0.1, 0.15) is 28.8 Å². The van der Waals surface area contributed by atoms with Crippen molar-refractivity contribution < 1.29 is 9.18 Å². The molecule has 2 aromatic heterocycles. The monoisotopic (exact) mass is 380 g/mol. The van der Waals surface area contributed by atoms with Crippen molar-refractivity contribution in [3.63, 3.8) is 0 Å². The lowest BCUT2D eigenvalue weighted by Crippen LogP contribution is -2.48. The van der Waals surface area contributed by atoms with E-state index in [9.17, 15) is 14.0 Å². The number of carbonyl (C=O) groups is 1. The summed E-state index contributed by atoms with van der Waals surface area (Å²) in [7, 11) is 0. The number of nitrogens with zero attached hydrogens (tertiary/aromatic N) is 3. The van der Waals surface area contributed by atoms with Gasteiger partial charge < -0.3 is 5.32 Å². The molecule has 6 nitrogen and oxygen atoms in total. The Morgan fingerprint density at radius 1 is 1.21 bits per heavy atom. The van der Waals surface area contributed by atoms with Crippen LogP contribution in [0.5, 0.6) is 0 Å². The van der Waals surface area contributed by atoms with Gasteiger partial charge in [0.25, 0.3) is 11.5 Å². The van der Waals surface area contributed by atoms with Crippen LogP contribution in [0.2, 0.25) is 0 Å². The lowest BCUT2D eigenvalue weighted by molar-refractivity contribution is 0.0898. The first-order valence-electron chi connectivity index (χ1n) is 9.35. The first-order valence-corrected chi connectivity index (χ1v) is 9.35. The second kappa shape index (κ2) is 7.90. The standard InChI is InChI=1S/C21H21FN4O2/c22-18-8-2-1-6-15(18)13-25-10-5-7-16(14-25)24-20(27)17-12-23-19-9-3-4-11-26(19)21(17)28/h1-4,6,8-9,11-12,16H,5,7,10,13-14H2,(H,24,27)/t16-/m0/s1. The van der Waals surface area contributed by atoms with Crippen LogP contribution in [0, 0.1) is 5.82 Å². The number of fused-ring (bicyclic) bond motifs is 1. The zero-order chi connectivity index (χ0) is 19.5. The number of carbonyl (C=O) groups excluding carboxylic acids is 1. The maximum Gasteiger partial charge on any atom is 0.270 e. The number of hydrogen-bond acceptors (Lipinski definition) is 4. The molecular formula is C21H21FN4O2. The number of rotatable bonds is 4. The summed E-state index contributed by atoms with van der Waals surface area (Å²) in [6, 6.07) is 11.9. The number of aromatic nitrogens is 2. The highest BCUT2D eigenvalue weighted by molar-refractivity contribution is 5.93. The highest BCUT2D eigenvalue weighted by Gasteiger charge is 2.24. The zero-order valence-corrected chi connectivity index (χ0v) is 15.3. The first kappa shape index (κ1) is 18.3. The fraction of sp³-hybridized carbons (Fsp3) is 0.286. The van der Waals surface area contributed by atoms with E-state index in [0.29, 0.717) is 24.3 Å². The molecule has 1 aliphatic rings. The van der Waals surface area contributed by atoms with Crippen LogP contribution in [0.3, 0.4) is 0 Å². The van der Waals surface area contributed by atoms with Crippen molar-refractivity contribution in [1.82, 2.24) is 19.6 Å². The summed E-state index contributed by atoms with van der Waals surface area (Å²) in [5, 5.41) is 2.94. The summed E-state index contributed by atoms with van der Waals surface area (Å²) in [6.07, 6.45) is 4.64. The molecule has 1 N–H and O–H groups in total. The van der Waals surface area contributed by atoms with E-state index >= 15 is 0 Å². The van der Waals surface area contributed by atoms with E-state index in [2.05, 4.69) is 15.2 Å². The molecule has 1 saturated heterocycles. The third-order valence-electron chi connectivity index (χ3n) is 5.05. The molecule has 0 saturated carbocycles. The number of benzene rings is 1. The van der Waals surface area contributed by atoms with Gasteiger partial charge in [-0.3, -0.25) is 18.9 Å². The largest absolute Gasteiger partial charge is 0.348 e. The molecule has 1 amide bonds. The molecular weight excluding hydrogens is 359 g/mol. The van der Waals surface area contributed by atoms with E-state index in [0.717, 1.165) is 19.4 Å². The van der Waals surface area contributed by atoms with E-state index in [1.807, 2.05) is 6.07 Å². The Morgan fingerprint density at radius 3 is 2.89 bits per heavy atom. The molecule has 0 radical (unpaired) electrons. The van der Waals surface area contributed by atoms with E-state index in [1.54, 1.807) is 36.5 Å². The predicted molar refractivity (Wildman–Crippen MR) is 104 cm³/mol. The lowest BCUT2D eigenvalue weighted by Gasteiger charge is -2.33. The molecule has 1 atom stereocenters. The maximum atomic E-state index is 13.9. The van der Waals surface area contributed by atoms with Crippen molar-refractivity contribution >= 4 is 11.6 Å². The van der Waals surface area contributed by atoms with Crippen LogP contribution in [0.25, 0.3) is 5.65 Å². The number of piperidine rings is 1. The average molecular weight is 380 g/mol. The van der Waals surface area contributed by atoms with Gasteiger partial charge in [-0.2, -0.15) is 0 Å². The summed E-state index contributed by atoms with van der Waals surface area (Å²) in [5.41, 5.74) is 0.779. The summed E-state index contributed by atoms with van der Waals surface area (Å²) in [6.45, 7) is 1.96. The van der Waals surface area contributed by atoms with Gasteiger partial charge in [-0.1, -0.05) is 24.3 Å². The van der Waals surface area contributed by atoms with Crippen LogP contribution in [-0.4, -0.2) is 39.3 Å². The molecule has 0 aliphatic carbocycles. The van der Waals surface area contributed by atoms with Crippen LogP contribution in [0.4, 0.5) is 4.39 Å². The molecule has 3 aromatic rings. The van der Waals surface area contributed by atoms with Crippen molar-refractivity contribution in [1.29, 1.82) is 0 Å². The van der Waals surface area contributed by atoms with Gasteiger partial charge in [0, 0.05) is 37.1 Å². The number of hydrogen-bond donors (Lipinski definition) is 1. The highest BCUT2D eigenvalue weighted by atomic mass is 19.1. The normalized spacial score (nSPS) is 17.5. The highest BCUT2D eigenvalue weighted by Crippen LogP contribution is 2.16. The van der Waals surface area contributed by atoms with Crippen molar-refractivity contribution in [2.75, 3.05) is 13.1 Å². The van der Waals surface area contributed by atoms with Gasteiger partial charge in [-0.15, -0.1) is 0 Å². The second-order valence-electron chi connectivity index (χ2n) is 7.05. The van der Waals surface area contributed by atoms with Crippen LogP contribution in [-0.2, 0) is 6.54 Å². The third-order valence-corrected chi connectivity index (χ3v) is 5.05. The predicted octanol–water partition coefficient (Wildman–Crippen LogP) is 2.23. The van der Waals surface area contributed by atoms with E-state index in [4.69, 9.17) is 0 Å². The van der Waals surface area contributed by atoms with Crippen molar-refractivity contribution in [3.05, 3.63) is 82.2 Å². The Morgan fingerprint density at radius 2 is 2.04 bits per heavy atom. The SMILES string of the molecule is O=C(N[C@H]1CCCN(Cc2ccccc2F)C1)c1cnc2ccccn2c1=O. The molecule has 7 heteroatoms. The van der Waals surface area contributed by atoms with E-state index in [1.165, 1.54) is 16.7 Å². The minimum absolute atomic E-state index is 0.0231. The third kappa shape index (κ3) is 3.80. The zero-order valence-electron chi connectivity index (χ0n) is 15.3. The van der Waals surface area contributed by atoms with Crippen molar-refractivity contribution in [2.24, 2.45) is 0 Å². The van der Waals surface area contributed by atoms with Crippen LogP contribution in [0.15, 0.2) is 59.7 Å². The van der Waals surface area contributed by atoms with E-state index < -0.39 is 5.91 Å². The first-order chi connectivity index (χ1) is 13.6. The number of pyridine rings is 1. The van der Waals surface area contributed by atoms with Gasteiger partial charge in [0.05, 0.1) is 0 Å². The molecule has 1 aliphatic heterocycles. The summed E-state index contributed by atoms with van der Waals surface area (Å²) >= 11 is 0. The molecule has 1 aromatic carbocycles. The van der Waals surface area contributed by atoms with Gasteiger partial charge in [0.1, 0.15) is 17.0 Å². The smallest absolute Gasteiger partial charge is 0.270 e. The molecule has 4 rings (SSSR count). The number of amides is 1. The molecule has 0 unspecified atom stereocenters. The van der Waals surface area contributed by atoms with E-state index in [-0.39, 0.29) is 23.0 Å². The van der Waals surface area contributed by atoms with Gasteiger partial charge in [0.15, 0.2) is 0 Å². The van der Waals surface area contributed by atoms with Gasteiger partial charge >= 0.3 is 0 Å². The molecule has 144 valence electrons. The summed E-state index contributed by atoms with van der Waals surface area (Å²) < 4.78 is 15.3. The lowest BCUT2D eigenvalue weighted by atomic mass is 10.0. The molecule has 1 fully saturated rings. The molecule has 28 heavy (non-hydrogen) atoms. The number of nitrogens with one attached hydrogen (secondary N) is 1. The van der Waals surface area contributed by atoms with Crippen molar-refractivity contribution in [2.45, 2.75) is 25.4 Å². The van der Waals surface area contributed by atoms with Gasteiger partial charge in [0.2, 0.25) is 0 Å².